The molecule has 0 bridgehead atoms. The number of carboxylic acids is 1. The molecule has 2 nitrogen and oxygen atoms in total. The molecule has 3 heteroatoms. The van der Waals surface area contributed by atoms with E-state index in [-0.39, 0.29) is 6.42 Å². The predicted molar refractivity (Wildman–Crippen MR) is 62.1 cm³/mol. The van der Waals surface area contributed by atoms with Gasteiger partial charge in [0.2, 0.25) is 0 Å². The quantitative estimate of drug-likeness (QED) is 0.850. The van der Waals surface area contributed by atoms with Crippen LogP contribution < -0.4 is 0 Å². The predicted octanol–water partition coefficient (Wildman–Crippen LogP) is 3.53. The fourth-order valence-corrected chi connectivity index (χ4v) is 1.48. The third kappa shape index (κ3) is 4.17. The SMILES string of the molecule is Cc1ccc(C=CCCC(=O)O)c(Cl)c1. The standard InChI is InChI=1S/C12H13ClO2/c1-9-6-7-10(11(13)8-9)4-2-3-5-12(14)15/h2,4,6-8H,3,5H2,1H3,(H,14,15). The zero-order valence-corrected chi connectivity index (χ0v) is 9.29. The Hall–Kier alpha value is -1.28. The Balaban J connectivity index is 2.60. The summed E-state index contributed by atoms with van der Waals surface area (Å²) in [5, 5.41) is 9.14. The molecule has 0 spiro atoms. The molecule has 0 atom stereocenters. The van der Waals surface area contributed by atoms with Gasteiger partial charge in [-0.2, -0.15) is 0 Å². The second-order valence-electron chi connectivity index (χ2n) is 3.36. The van der Waals surface area contributed by atoms with E-state index in [2.05, 4.69) is 0 Å². The molecule has 1 rings (SSSR count). The second kappa shape index (κ2) is 5.56. The Kier molecular flexibility index (Phi) is 4.37. The summed E-state index contributed by atoms with van der Waals surface area (Å²) < 4.78 is 0. The zero-order chi connectivity index (χ0) is 11.3. The van der Waals surface area contributed by atoms with Crippen LogP contribution in [-0.2, 0) is 4.79 Å². The lowest BCUT2D eigenvalue weighted by Crippen LogP contribution is -1.91. The van der Waals surface area contributed by atoms with Crippen molar-refractivity contribution < 1.29 is 9.90 Å². The number of hydrogen-bond acceptors (Lipinski definition) is 1. The van der Waals surface area contributed by atoms with Crippen LogP contribution >= 0.6 is 11.6 Å². The molecule has 0 aliphatic carbocycles. The van der Waals surface area contributed by atoms with Gasteiger partial charge >= 0.3 is 5.97 Å². The summed E-state index contributed by atoms with van der Waals surface area (Å²) in [7, 11) is 0. The summed E-state index contributed by atoms with van der Waals surface area (Å²) in [5.41, 5.74) is 2.04. The van der Waals surface area contributed by atoms with Crippen molar-refractivity contribution in [2.24, 2.45) is 0 Å². The van der Waals surface area contributed by atoms with Gasteiger partial charge in [0.15, 0.2) is 0 Å². The lowest BCUT2D eigenvalue weighted by molar-refractivity contribution is -0.136. The molecule has 80 valence electrons. The van der Waals surface area contributed by atoms with Crippen molar-refractivity contribution in [3.8, 4) is 0 Å². The van der Waals surface area contributed by atoms with Crippen LogP contribution in [0.25, 0.3) is 6.08 Å². The van der Waals surface area contributed by atoms with Crippen molar-refractivity contribution in [2.45, 2.75) is 19.8 Å². The molecule has 0 amide bonds. The fourth-order valence-electron chi connectivity index (χ4n) is 1.18. The first-order valence-electron chi connectivity index (χ1n) is 4.74. The van der Waals surface area contributed by atoms with Gasteiger partial charge in [-0.25, -0.2) is 0 Å². The zero-order valence-electron chi connectivity index (χ0n) is 8.53. The monoisotopic (exact) mass is 224 g/mol. The van der Waals surface area contributed by atoms with Crippen molar-refractivity contribution in [3.63, 3.8) is 0 Å². The first-order chi connectivity index (χ1) is 7.09. The lowest BCUT2D eigenvalue weighted by atomic mass is 10.1. The Morgan fingerprint density at radius 2 is 2.27 bits per heavy atom. The number of aliphatic carboxylic acids is 1. The number of carboxylic acid groups (broad SMARTS) is 1. The van der Waals surface area contributed by atoms with Crippen LogP contribution in [0, 0.1) is 6.92 Å². The molecule has 0 unspecified atom stereocenters. The molecule has 15 heavy (non-hydrogen) atoms. The minimum atomic E-state index is -0.783. The third-order valence-electron chi connectivity index (χ3n) is 1.98. The Labute approximate surface area is 94.2 Å². The van der Waals surface area contributed by atoms with E-state index in [1.807, 2.05) is 37.3 Å². The van der Waals surface area contributed by atoms with Gasteiger partial charge in [-0.15, -0.1) is 0 Å². The van der Waals surface area contributed by atoms with Gasteiger partial charge in [-0.05, 0) is 30.5 Å². The second-order valence-corrected chi connectivity index (χ2v) is 3.77. The van der Waals surface area contributed by atoms with Crippen molar-refractivity contribution in [3.05, 3.63) is 40.4 Å². The van der Waals surface area contributed by atoms with Gasteiger partial charge < -0.3 is 5.11 Å². The molecule has 1 aromatic carbocycles. The highest BCUT2D eigenvalue weighted by atomic mass is 35.5. The largest absolute Gasteiger partial charge is 0.481 e. The highest BCUT2D eigenvalue weighted by molar-refractivity contribution is 6.32. The van der Waals surface area contributed by atoms with E-state index in [0.29, 0.717) is 11.4 Å². The van der Waals surface area contributed by atoms with Gasteiger partial charge in [0.1, 0.15) is 0 Å². The van der Waals surface area contributed by atoms with E-state index in [1.165, 1.54) is 0 Å². The first-order valence-corrected chi connectivity index (χ1v) is 5.12. The number of allylic oxidation sites excluding steroid dienone is 1. The van der Waals surface area contributed by atoms with Crippen LogP contribution in [-0.4, -0.2) is 11.1 Å². The third-order valence-corrected chi connectivity index (χ3v) is 2.31. The summed E-state index contributed by atoms with van der Waals surface area (Å²) in [5.74, 6) is -0.783. The molecular formula is C12H13ClO2. The van der Waals surface area contributed by atoms with Gasteiger partial charge in [0.05, 0.1) is 0 Å². The molecule has 0 saturated heterocycles. The molecule has 0 saturated carbocycles. The molecule has 0 aliphatic heterocycles. The summed E-state index contributed by atoms with van der Waals surface area (Å²) in [6.45, 7) is 1.98. The fraction of sp³-hybridized carbons (Fsp3) is 0.250. The highest BCUT2D eigenvalue weighted by Crippen LogP contribution is 2.19. The topological polar surface area (TPSA) is 37.3 Å². The summed E-state index contributed by atoms with van der Waals surface area (Å²) in [6, 6.07) is 5.79. The molecule has 0 aliphatic rings. The van der Waals surface area contributed by atoms with Gasteiger partial charge in [0, 0.05) is 11.4 Å². The molecule has 0 radical (unpaired) electrons. The maximum Gasteiger partial charge on any atom is 0.303 e. The minimum Gasteiger partial charge on any atom is -0.481 e. The Morgan fingerprint density at radius 1 is 1.53 bits per heavy atom. The Bertz CT molecular complexity index is 383. The maximum absolute atomic E-state index is 10.3. The minimum absolute atomic E-state index is 0.153. The summed E-state index contributed by atoms with van der Waals surface area (Å²) in [4.78, 5) is 10.3. The van der Waals surface area contributed by atoms with E-state index in [0.717, 1.165) is 11.1 Å². The van der Waals surface area contributed by atoms with Crippen molar-refractivity contribution in [2.75, 3.05) is 0 Å². The number of aryl methyl sites for hydroxylation is 1. The van der Waals surface area contributed by atoms with Crippen molar-refractivity contribution in [1.82, 2.24) is 0 Å². The Morgan fingerprint density at radius 3 is 2.87 bits per heavy atom. The van der Waals surface area contributed by atoms with E-state index in [4.69, 9.17) is 16.7 Å². The van der Waals surface area contributed by atoms with Crippen molar-refractivity contribution >= 4 is 23.6 Å². The molecule has 0 fully saturated rings. The van der Waals surface area contributed by atoms with Gasteiger partial charge in [-0.1, -0.05) is 35.9 Å². The van der Waals surface area contributed by atoms with Gasteiger partial charge in [0.25, 0.3) is 0 Å². The lowest BCUT2D eigenvalue weighted by Gasteiger charge is -1.99. The van der Waals surface area contributed by atoms with Crippen molar-refractivity contribution in [1.29, 1.82) is 0 Å². The number of carbonyl (C=O) groups is 1. The maximum atomic E-state index is 10.3. The molecule has 1 N–H and O–H groups in total. The molecule has 1 aromatic rings. The average molecular weight is 225 g/mol. The van der Waals surface area contributed by atoms with Crippen LogP contribution in [0.5, 0.6) is 0 Å². The van der Waals surface area contributed by atoms with Crippen LogP contribution in [0.1, 0.15) is 24.0 Å². The van der Waals surface area contributed by atoms with E-state index in [1.54, 1.807) is 0 Å². The normalized spacial score (nSPS) is 10.8. The number of rotatable bonds is 4. The number of hydrogen-bond donors (Lipinski definition) is 1. The smallest absolute Gasteiger partial charge is 0.303 e. The summed E-state index contributed by atoms with van der Waals surface area (Å²) in [6.07, 6.45) is 4.36. The van der Waals surface area contributed by atoms with Crippen LogP contribution in [0.4, 0.5) is 0 Å². The van der Waals surface area contributed by atoms with E-state index >= 15 is 0 Å². The van der Waals surface area contributed by atoms with Crippen LogP contribution in [0.2, 0.25) is 5.02 Å². The van der Waals surface area contributed by atoms with E-state index < -0.39 is 5.97 Å². The molecule has 0 aromatic heterocycles. The van der Waals surface area contributed by atoms with E-state index in [9.17, 15) is 4.79 Å². The summed E-state index contributed by atoms with van der Waals surface area (Å²) >= 11 is 6.00. The van der Waals surface area contributed by atoms with Crippen LogP contribution in [0.3, 0.4) is 0 Å². The first kappa shape index (κ1) is 11.8. The molecule has 0 heterocycles. The van der Waals surface area contributed by atoms with Crippen LogP contribution in [0.15, 0.2) is 24.3 Å². The van der Waals surface area contributed by atoms with Gasteiger partial charge in [-0.3, -0.25) is 4.79 Å². The number of benzene rings is 1. The highest BCUT2D eigenvalue weighted by Gasteiger charge is 1.96. The average Bonchev–Trinajstić information content (AvgIpc) is 2.14. The molecular weight excluding hydrogens is 212 g/mol. The number of halogens is 1.